The maximum atomic E-state index is 14.3. The lowest BCUT2D eigenvalue weighted by molar-refractivity contribution is -0.134. The van der Waals surface area contributed by atoms with Crippen molar-refractivity contribution in [3.63, 3.8) is 0 Å². The first-order chi connectivity index (χ1) is 28.0. The van der Waals surface area contributed by atoms with Crippen LogP contribution in [0, 0.1) is 40.9 Å². The van der Waals surface area contributed by atoms with E-state index in [0.29, 0.717) is 112 Å². The molecular formula is C47H62N4O7. The van der Waals surface area contributed by atoms with E-state index in [1.165, 1.54) is 7.11 Å². The number of carbonyl (C=O) groups is 2. The van der Waals surface area contributed by atoms with Crippen LogP contribution in [0.25, 0.3) is 0 Å². The zero-order chi connectivity index (χ0) is 40.8. The van der Waals surface area contributed by atoms with Gasteiger partial charge < -0.3 is 36.2 Å². The molecule has 2 aliphatic heterocycles. The van der Waals surface area contributed by atoms with Crippen LogP contribution in [0.4, 0.5) is 5.82 Å². The van der Waals surface area contributed by atoms with Crippen molar-refractivity contribution in [1.29, 1.82) is 0 Å². The van der Waals surface area contributed by atoms with Crippen LogP contribution in [0.3, 0.4) is 0 Å². The van der Waals surface area contributed by atoms with Crippen molar-refractivity contribution in [2.75, 3.05) is 32.5 Å². The number of aliphatic hydroxyl groups excluding tert-OH is 3. The van der Waals surface area contributed by atoms with Gasteiger partial charge in [-0.15, -0.1) is 0 Å². The van der Waals surface area contributed by atoms with Crippen LogP contribution >= 0.6 is 0 Å². The van der Waals surface area contributed by atoms with E-state index in [1.807, 2.05) is 18.5 Å². The van der Waals surface area contributed by atoms with Gasteiger partial charge in [-0.05, 0) is 153 Å². The summed E-state index contributed by atoms with van der Waals surface area (Å²) in [7, 11) is 1.50. The molecule has 0 unspecified atom stereocenters. The molecule has 1 aromatic heterocycles. The summed E-state index contributed by atoms with van der Waals surface area (Å²) in [5, 5.41) is 48.0. The molecule has 2 aromatic rings. The molecule has 1 spiro atoms. The number of allylic oxidation sites excluding steroid dienone is 1. The highest BCUT2D eigenvalue weighted by Crippen LogP contribution is 2.46. The largest absolute Gasteiger partial charge is 0.504 e. The Bertz CT molecular complexity index is 1930. The molecule has 1 aromatic carbocycles. The highest BCUT2D eigenvalue weighted by Gasteiger charge is 2.48. The number of benzene rings is 1. The number of aromatic nitrogens is 1. The molecule has 11 nitrogen and oxygen atoms in total. The number of ketones is 2. The minimum Gasteiger partial charge on any atom is -0.504 e. The Balaban J connectivity index is 1.05. The molecule has 2 saturated carbocycles. The number of carbonyl (C=O) groups excluding carboxylic acids is 2. The molecule has 7 N–H and O–H groups in total. The molecule has 11 heteroatoms. The fourth-order valence-electron chi connectivity index (χ4n) is 10.7. The van der Waals surface area contributed by atoms with E-state index in [9.17, 15) is 30.0 Å². The van der Waals surface area contributed by atoms with Gasteiger partial charge in [-0.1, -0.05) is 17.9 Å². The molecule has 3 aliphatic carbocycles. The smallest absolute Gasteiger partial charge is 0.160 e. The van der Waals surface area contributed by atoms with Gasteiger partial charge in [0, 0.05) is 56.7 Å². The minimum atomic E-state index is -1.20. The SMILES string of the molecule is COc1cc2c(cc1O)[C@@H](CC[C@H](O)CCc1cc(N)ncc1CC1=CCN=C1)C#C[C@]1(CC[C@H](C[C@H](CCO)[C@H]3CN[C@@H]4CC(=O)CC[C@@H]4C3)C[C@H]1O)C(=O)CC2. The van der Waals surface area contributed by atoms with Crippen LogP contribution in [-0.2, 0) is 28.9 Å². The number of Topliss-reactive ketones (excluding diaryl/α,β-unsaturated/α-hetero) is 2. The number of pyridine rings is 1. The highest BCUT2D eigenvalue weighted by molar-refractivity contribution is 5.89. The molecule has 312 valence electrons. The first-order valence-corrected chi connectivity index (χ1v) is 21.6. The molecule has 0 amide bonds. The summed E-state index contributed by atoms with van der Waals surface area (Å²) in [5.74, 6) is 8.88. The van der Waals surface area contributed by atoms with Gasteiger partial charge >= 0.3 is 0 Å². The van der Waals surface area contributed by atoms with E-state index in [0.717, 1.165) is 60.1 Å². The summed E-state index contributed by atoms with van der Waals surface area (Å²) in [6, 6.07) is 5.64. The van der Waals surface area contributed by atoms with Crippen LogP contribution in [-0.4, -0.2) is 88.2 Å². The first-order valence-electron chi connectivity index (χ1n) is 21.6. The molecule has 0 bridgehead atoms. The number of nitrogens with zero attached hydrogens (tertiary/aromatic N) is 2. The quantitative estimate of drug-likeness (QED) is 0.139. The predicted octanol–water partition coefficient (Wildman–Crippen LogP) is 5.19. The lowest BCUT2D eigenvalue weighted by Gasteiger charge is -2.44. The van der Waals surface area contributed by atoms with Crippen molar-refractivity contribution >= 4 is 23.6 Å². The number of aliphatic imine (C=N–C) groups is 1. The number of fused-ring (bicyclic) bond motifs is 2. The Labute approximate surface area is 343 Å². The number of methoxy groups -OCH3 is 1. The number of hydrogen-bond acceptors (Lipinski definition) is 11. The van der Waals surface area contributed by atoms with E-state index in [2.05, 4.69) is 33.2 Å². The maximum absolute atomic E-state index is 14.3. The lowest BCUT2D eigenvalue weighted by Crippen LogP contribution is -2.50. The average molecular weight is 795 g/mol. The summed E-state index contributed by atoms with van der Waals surface area (Å²) in [6.07, 6.45) is 14.2. The summed E-state index contributed by atoms with van der Waals surface area (Å²) in [5.41, 5.74) is 9.82. The number of aromatic hydroxyl groups is 1. The van der Waals surface area contributed by atoms with E-state index >= 15 is 0 Å². The second-order valence-electron chi connectivity index (χ2n) is 17.8. The van der Waals surface area contributed by atoms with Crippen molar-refractivity contribution in [3.8, 4) is 23.3 Å². The normalized spacial score (nSPS) is 29.3. The molecule has 3 heterocycles. The Hall–Kier alpha value is -4.08. The van der Waals surface area contributed by atoms with E-state index in [4.69, 9.17) is 10.5 Å². The third kappa shape index (κ3) is 9.68. The summed E-state index contributed by atoms with van der Waals surface area (Å²) in [4.78, 5) is 34.9. The Morgan fingerprint density at radius 1 is 1.09 bits per heavy atom. The summed E-state index contributed by atoms with van der Waals surface area (Å²) >= 11 is 0. The number of ether oxygens (including phenoxy) is 1. The fourth-order valence-corrected chi connectivity index (χ4v) is 10.7. The molecule has 3 fully saturated rings. The van der Waals surface area contributed by atoms with Crippen LogP contribution in [0.5, 0.6) is 11.5 Å². The molecule has 58 heavy (non-hydrogen) atoms. The van der Waals surface area contributed by atoms with Gasteiger partial charge in [-0.2, -0.15) is 0 Å². The van der Waals surface area contributed by atoms with Gasteiger partial charge in [0.25, 0.3) is 0 Å². The zero-order valence-electron chi connectivity index (χ0n) is 34.0. The van der Waals surface area contributed by atoms with Gasteiger partial charge in [0.05, 0.1) is 25.9 Å². The number of hydrogen-bond donors (Lipinski definition) is 6. The van der Waals surface area contributed by atoms with Crippen LogP contribution in [0.2, 0.25) is 0 Å². The fraction of sp³-hybridized carbons (Fsp3) is 0.617. The third-order valence-corrected chi connectivity index (χ3v) is 14.1. The van der Waals surface area contributed by atoms with Gasteiger partial charge in [-0.25, -0.2) is 4.98 Å². The highest BCUT2D eigenvalue weighted by atomic mass is 16.5. The average Bonchev–Trinajstić information content (AvgIpc) is 3.74. The number of nitrogen functional groups attached to an aromatic ring is 1. The Morgan fingerprint density at radius 2 is 1.95 bits per heavy atom. The van der Waals surface area contributed by atoms with Crippen LogP contribution in [0.15, 0.2) is 41.0 Å². The minimum absolute atomic E-state index is 0.00208. The molecule has 9 atom stereocenters. The van der Waals surface area contributed by atoms with Gasteiger partial charge in [-0.3, -0.25) is 14.6 Å². The lowest BCUT2D eigenvalue weighted by atomic mass is 9.63. The number of phenols is 1. The number of nitrogens with two attached hydrogens (primary N) is 1. The van der Waals surface area contributed by atoms with E-state index < -0.39 is 17.6 Å². The topological polar surface area (TPSA) is 188 Å². The number of rotatable bonds is 14. The molecular weight excluding hydrogens is 733 g/mol. The summed E-state index contributed by atoms with van der Waals surface area (Å²) < 4.78 is 5.46. The van der Waals surface area contributed by atoms with Crippen molar-refractivity contribution < 1.29 is 34.8 Å². The molecule has 5 aliphatic rings. The third-order valence-electron chi connectivity index (χ3n) is 14.1. The zero-order valence-corrected chi connectivity index (χ0v) is 34.0. The monoisotopic (exact) mass is 794 g/mol. The van der Waals surface area contributed by atoms with Gasteiger partial charge in [0.2, 0.25) is 0 Å². The second kappa shape index (κ2) is 18.9. The maximum Gasteiger partial charge on any atom is 0.160 e. The molecule has 7 rings (SSSR count). The number of piperidine rings is 1. The Morgan fingerprint density at radius 3 is 2.72 bits per heavy atom. The van der Waals surface area contributed by atoms with Gasteiger partial charge in [0.15, 0.2) is 17.3 Å². The summed E-state index contributed by atoms with van der Waals surface area (Å²) in [6.45, 7) is 1.64. The molecule has 0 radical (unpaired) electrons. The predicted molar refractivity (Wildman–Crippen MR) is 224 cm³/mol. The van der Waals surface area contributed by atoms with Gasteiger partial charge in [0.1, 0.15) is 17.0 Å². The van der Waals surface area contributed by atoms with E-state index in [1.54, 1.807) is 12.1 Å². The second-order valence-corrected chi connectivity index (χ2v) is 17.8. The van der Waals surface area contributed by atoms with Crippen molar-refractivity contribution in [2.24, 2.45) is 34.1 Å². The first kappa shape index (κ1) is 42.1. The van der Waals surface area contributed by atoms with E-state index in [-0.39, 0.29) is 42.4 Å². The van der Waals surface area contributed by atoms with Crippen molar-refractivity contribution in [2.45, 2.75) is 127 Å². The van der Waals surface area contributed by atoms with Crippen molar-refractivity contribution in [1.82, 2.24) is 10.3 Å². The number of aryl methyl sites for hydroxylation is 2. The molecule has 1 saturated heterocycles. The number of anilines is 1. The number of phenolic OH excluding ortho intramolecular Hbond substituents is 1. The number of nitrogens with one attached hydrogen (secondary N) is 1. The Kier molecular flexibility index (Phi) is 13.7. The van der Waals surface area contributed by atoms with Crippen LogP contribution < -0.4 is 15.8 Å². The van der Waals surface area contributed by atoms with Crippen molar-refractivity contribution in [3.05, 3.63) is 58.3 Å². The number of aliphatic hydroxyl groups is 3. The van der Waals surface area contributed by atoms with Crippen LogP contribution in [0.1, 0.15) is 112 Å². The standard InChI is InChI=1S/C47H62N4O7/c1-58-43-22-34-5-9-44(56)47(14-10-29(20-45(47)57)18-33(13-17-52)37-21-35-4-8-39(54)24-41(35)50-27-37)15-11-31(40(34)25-42(43)55)2-6-38(53)7-3-32-23-46(48)51-28-36(32)19-30-12-16-49-26-30/h12,22-23,25-26,28-29,31,33,35,37-38,41,45,50,52-53,55,57H,2-10,13-14,16-21,24,27H2,1H3,(H2,48,51)/t29-,31+,33+,35-,37-,38+,41-,45-,47-/m1/s1.